The molecule has 2 nitrogen and oxygen atoms in total. The number of aliphatic hydroxyl groups excluding tert-OH is 1. The van der Waals surface area contributed by atoms with Gasteiger partial charge in [-0.05, 0) is 46.8 Å². The van der Waals surface area contributed by atoms with E-state index in [0.717, 1.165) is 10.2 Å². The molecule has 1 heterocycles. The van der Waals surface area contributed by atoms with Crippen molar-refractivity contribution in [3.05, 3.63) is 28.5 Å². The highest BCUT2D eigenvalue weighted by atomic mass is 79.9. The van der Waals surface area contributed by atoms with Crippen LogP contribution < -0.4 is 0 Å². The monoisotopic (exact) mass is 283 g/mol. The first-order chi connectivity index (χ1) is 7.75. The second-order valence-electron chi connectivity index (χ2n) is 4.64. The molecular formula is C13H18BrNO. The van der Waals surface area contributed by atoms with Gasteiger partial charge in [0.25, 0.3) is 0 Å². The molecule has 1 aromatic heterocycles. The van der Waals surface area contributed by atoms with Gasteiger partial charge >= 0.3 is 0 Å². The van der Waals surface area contributed by atoms with Gasteiger partial charge in [-0.15, -0.1) is 0 Å². The zero-order chi connectivity index (χ0) is 11.4. The third-order valence-corrected chi connectivity index (χ3v) is 3.87. The second kappa shape index (κ2) is 5.78. The zero-order valence-electron chi connectivity index (χ0n) is 9.40. The van der Waals surface area contributed by atoms with Crippen LogP contribution in [0, 0.1) is 5.92 Å². The molecule has 16 heavy (non-hydrogen) atoms. The topological polar surface area (TPSA) is 33.1 Å². The van der Waals surface area contributed by atoms with Crippen molar-refractivity contribution in [3.8, 4) is 0 Å². The van der Waals surface area contributed by atoms with Crippen molar-refractivity contribution in [1.82, 2.24) is 4.98 Å². The Morgan fingerprint density at radius 1 is 1.31 bits per heavy atom. The van der Waals surface area contributed by atoms with Gasteiger partial charge in [-0.1, -0.05) is 19.3 Å². The van der Waals surface area contributed by atoms with E-state index >= 15 is 0 Å². The molecule has 1 aliphatic carbocycles. The van der Waals surface area contributed by atoms with Crippen LogP contribution in [-0.2, 0) is 6.42 Å². The summed E-state index contributed by atoms with van der Waals surface area (Å²) in [5, 5.41) is 10.1. The number of pyridine rings is 1. The van der Waals surface area contributed by atoms with Crippen LogP contribution in [0.5, 0.6) is 0 Å². The molecule has 0 bridgehead atoms. The molecule has 1 saturated carbocycles. The minimum Gasteiger partial charge on any atom is -0.392 e. The Labute approximate surface area is 105 Å². The van der Waals surface area contributed by atoms with E-state index in [0.29, 0.717) is 12.3 Å². The van der Waals surface area contributed by atoms with Gasteiger partial charge in [0, 0.05) is 22.8 Å². The minimum absolute atomic E-state index is 0.214. The van der Waals surface area contributed by atoms with Crippen molar-refractivity contribution in [3.63, 3.8) is 0 Å². The Morgan fingerprint density at radius 2 is 2.06 bits per heavy atom. The largest absolute Gasteiger partial charge is 0.392 e. The lowest BCUT2D eigenvalue weighted by Crippen LogP contribution is -2.25. The Kier molecular flexibility index (Phi) is 4.36. The van der Waals surface area contributed by atoms with Gasteiger partial charge in [-0.2, -0.15) is 0 Å². The van der Waals surface area contributed by atoms with Crippen LogP contribution in [0.1, 0.15) is 37.8 Å². The number of aromatic nitrogens is 1. The maximum Gasteiger partial charge on any atom is 0.0623 e. The molecule has 2 rings (SSSR count). The average Bonchev–Trinajstić information content (AvgIpc) is 2.33. The summed E-state index contributed by atoms with van der Waals surface area (Å²) >= 11 is 3.36. The zero-order valence-corrected chi connectivity index (χ0v) is 11.0. The molecule has 1 aromatic rings. The maximum absolute atomic E-state index is 10.1. The van der Waals surface area contributed by atoms with Crippen LogP contribution in [0.2, 0.25) is 0 Å². The van der Waals surface area contributed by atoms with Crippen molar-refractivity contribution in [2.24, 2.45) is 5.92 Å². The van der Waals surface area contributed by atoms with Gasteiger partial charge in [-0.25, -0.2) is 0 Å². The third-order valence-electron chi connectivity index (χ3n) is 3.40. The van der Waals surface area contributed by atoms with E-state index in [1.54, 1.807) is 6.20 Å². The average molecular weight is 284 g/mol. The van der Waals surface area contributed by atoms with Gasteiger partial charge in [0.1, 0.15) is 0 Å². The lowest BCUT2D eigenvalue weighted by atomic mass is 9.84. The third kappa shape index (κ3) is 3.29. The number of nitrogens with zero attached hydrogens (tertiary/aromatic N) is 1. The predicted octanol–water partition coefficient (Wildman–Crippen LogP) is 3.33. The molecule has 1 atom stereocenters. The van der Waals surface area contributed by atoms with E-state index in [-0.39, 0.29) is 6.10 Å². The summed E-state index contributed by atoms with van der Waals surface area (Å²) in [6.07, 6.45) is 8.51. The summed E-state index contributed by atoms with van der Waals surface area (Å²) in [6, 6.07) is 3.96. The maximum atomic E-state index is 10.1. The van der Waals surface area contributed by atoms with Crippen molar-refractivity contribution in [2.75, 3.05) is 0 Å². The summed E-state index contributed by atoms with van der Waals surface area (Å²) < 4.78 is 0.989. The highest BCUT2D eigenvalue weighted by Crippen LogP contribution is 2.27. The summed E-state index contributed by atoms with van der Waals surface area (Å²) in [5.74, 6) is 0.485. The second-order valence-corrected chi connectivity index (χ2v) is 5.55. The van der Waals surface area contributed by atoms with E-state index in [9.17, 15) is 5.11 Å². The first-order valence-corrected chi connectivity index (χ1v) is 6.83. The van der Waals surface area contributed by atoms with E-state index in [4.69, 9.17) is 0 Å². The van der Waals surface area contributed by atoms with Gasteiger partial charge in [-0.3, -0.25) is 4.98 Å². The summed E-state index contributed by atoms with van der Waals surface area (Å²) in [7, 11) is 0. The fourth-order valence-corrected chi connectivity index (χ4v) is 2.66. The molecule has 1 aliphatic rings. The Balaban J connectivity index is 1.90. The quantitative estimate of drug-likeness (QED) is 0.923. The molecule has 0 amide bonds. The van der Waals surface area contributed by atoms with Gasteiger partial charge in [0.05, 0.1) is 6.10 Å². The number of halogens is 1. The first kappa shape index (κ1) is 12.1. The Bertz CT molecular complexity index is 319. The van der Waals surface area contributed by atoms with Crippen LogP contribution >= 0.6 is 15.9 Å². The van der Waals surface area contributed by atoms with E-state index in [1.807, 2.05) is 12.1 Å². The molecule has 0 radical (unpaired) electrons. The molecule has 0 spiro atoms. The van der Waals surface area contributed by atoms with Crippen LogP contribution in [0.4, 0.5) is 0 Å². The van der Waals surface area contributed by atoms with Crippen LogP contribution in [0.15, 0.2) is 22.8 Å². The molecule has 0 aromatic carbocycles. The van der Waals surface area contributed by atoms with Gasteiger partial charge in [0.2, 0.25) is 0 Å². The fraction of sp³-hybridized carbons (Fsp3) is 0.615. The highest BCUT2D eigenvalue weighted by molar-refractivity contribution is 9.10. The lowest BCUT2D eigenvalue weighted by molar-refractivity contribution is 0.0843. The number of hydrogen-bond donors (Lipinski definition) is 1. The minimum atomic E-state index is -0.214. The highest BCUT2D eigenvalue weighted by Gasteiger charge is 2.21. The van der Waals surface area contributed by atoms with E-state index < -0.39 is 0 Å². The van der Waals surface area contributed by atoms with Gasteiger partial charge < -0.3 is 5.11 Å². The van der Waals surface area contributed by atoms with Crippen LogP contribution in [0.3, 0.4) is 0 Å². The Morgan fingerprint density at radius 3 is 2.69 bits per heavy atom. The number of rotatable bonds is 3. The molecule has 1 unspecified atom stereocenters. The summed E-state index contributed by atoms with van der Waals surface area (Å²) in [5.41, 5.74) is 0.987. The molecule has 88 valence electrons. The van der Waals surface area contributed by atoms with Crippen LogP contribution in [0.25, 0.3) is 0 Å². The van der Waals surface area contributed by atoms with Crippen molar-refractivity contribution >= 4 is 15.9 Å². The number of aliphatic hydroxyl groups is 1. The molecule has 1 fully saturated rings. The smallest absolute Gasteiger partial charge is 0.0623 e. The molecular weight excluding hydrogens is 266 g/mol. The fourth-order valence-electron chi connectivity index (χ4n) is 2.43. The normalized spacial score (nSPS) is 19.6. The molecule has 0 saturated heterocycles. The standard InChI is InChI=1S/C13H18BrNO/c14-11-6-7-12(15-9-11)8-13(16)10-4-2-1-3-5-10/h6-7,9-10,13,16H,1-5,8H2. The van der Waals surface area contributed by atoms with Crippen LogP contribution in [-0.4, -0.2) is 16.2 Å². The van der Waals surface area contributed by atoms with Gasteiger partial charge in [0.15, 0.2) is 0 Å². The van der Waals surface area contributed by atoms with Crippen molar-refractivity contribution in [2.45, 2.75) is 44.6 Å². The van der Waals surface area contributed by atoms with Crippen molar-refractivity contribution in [1.29, 1.82) is 0 Å². The summed E-state index contributed by atoms with van der Waals surface area (Å²) in [4.78, 5) is 4.31. The molecule has 0 aliphatic heterocycles. The van der Waals surface area contributed by atoms with E-state index in [1.165, 1.54) is 32.1 Å². The SMILES string of the molecule is OC(Cc1ccc(Br)cn1)C1CCCCC1. The van der Waals surface area contributed by atoms with E-state index in [2.05, 4.69) is 20.9 Å². The van der Waals surface area contributed by atoms with Crippen molar-refractivity contribution < 1.29 is 5.11 Å². The summed E-state index contributed by atoms with van der Waals surface area (Å²) in [6.45, 7) is 0. The molecule has 1 N–H and O–H groups in total. The predicted molar refractivity (Wildman–Crippen MR) is 68.2 cm³/mol. The number of hydrogen-bond acceptors (Lipinski definition) is 2. The lowest BCUT2D eigenvalue weighted by Gasteiger charge is -2.26. The Hall–Kier alpha value is -0.410. The molecule has 3 heteroatoms. The first-order valence-electron chi connectivity index (χ1n) is 6.04.